The molecule has 1 aromatic carbocycles. The van der Waals surface area contributed by atoms with Crippen LogP contribution in [-0.4, -0.2) is 34.8 Å². The minimum atomic E-state index is -0.0195. The van der Waals surface area contributed by atoms with E-state index >= 15 is 0 Å². The van der Waals surface area contributed by atoms with Gasteiger partial charge in [0.15, 0.2) is 0 Å². The smallest absolute Gasteiger partial charge is 0.246 e. The summed E-state index contributed by atoms with van der Waals surface area (Å²) in [6, 6.07) is 9.81. The van der Waals surface area contributed by atoms with Gasteiger partial charge in [-0.3, -0.25) is 9.59 Å². The number of amides is 2. The van der Waals surface area contributed by atoms with Gasteiger partial charge in [0.25, 0.3) is 0 Å². The molecule has 1 aromatic heterocycles. The number of carbonyl (C=O) groups excluding carboxylic acids is 2. The standard InChI is InChI=1S/C22H22N4O2/c23-19-3-1-2-17(13-19)16-8-10-26(11-9-16)21(28)7-4-15-12-18-5-6-20(27)25-22(18)24-14-15/h1-4,7-8,12-14H,5-6,9-11,23H2,(H,24,25,27)/b7-4+. The van der Waals surface area contributed by atoms with Gasteiger partial charge in [0.05, 0.1) is 0 Å². The summed E-state index contributed by atoms with van der Waals surface area (Å²) in [5.74, 6) is 0.595. The molecule has 6 heteroatoms. The fraction of sp³-hybridized carbons (Fsp3) is 0.227. The van der Waals surface area contributed by atoms with Crippen molar-refractivity contribution in [3.8, 4) is 0 Å². The molecule has 3 heterocycles. The van der Waals surface area contributed by atoms with Crippen LogP contribution in [0.3, 0.4) is 0 Å². The van der Waals surface area contributed by atoms with Crippen LogP contribution in [0.5, 0.6) is 0 Å². The third-order valence-electron chi connectivity index (χ3n) is 5.06. The Bertz CT molecular complexity index is 994. The number of hydrogen-bond acceptors (Lipinski definition) is 4. The lowest BCUT2D eigenvalue weighted by molar-refractivity contribution is -0.125. The molecule has 28 heavy (non-hydrogen) atoms. The van der Waals surface area contributed by atoms with Crippen LogP contribution in [0.1, 0.15) is 29.5 Å². The zero-order valence-corrected chi connectivity index (χ0v) is 15.5. The second-order valence-electron chi connectivity index (χ2n) is 7.05. The molecule has 0 spiro atoms. The highest BCUT2D eigenvalue weighted by Crippen LogP contribution is 2.24. The molecule has 0 fully saturated rings. The summed E-state index contributed by atoms with van der Waals surface area (Å²) in [5.41, 5.74) is 10.8. The van der Waals surface area contributed by atoms with Crippen molar-refractivity contribution < 1.29 is 9.59 Å². The van der Waals surface area contributed by atoms with E-state index in [0.29, 0.717) is 31.7 Å². The molecular weight excluding hydrogens is 352 g/mol. The highest BCUT2D eigenvalue weighted by atomic mass is 16.2. The average Bonchev–Trinajstić information content (AvgIpc) is 2.72. The summed E-state index contributed by atoms with van der Waals surface area (Å²) >= 11 is 0. The lowest BCUT2D eigenvalue weighted by atomic mass is 9.99. The molecule has 3 N–H and O–H groups in total. The van der Waals surface area contributed by atoms with E-state index in [1.54, 1.807) is 18.3 Å². The molecule has 2 amide bonds. The molecule has 0 unspecified atom stereocenters. The van der Waals surface area contributed by atoms with Crippen molar-refractivity contribution in [2.24, 2.45) is 0 Å². The minimum absolute atomic E-state index is 0.00539. The minimum Gasteiger partial charge on any atom is -0.399 e. The number of nitrogens with two attached hydrogens (primary N) is 1. The molecule has 0 radical (unpaired) electrons. The van der Waals surface area contributed by atoms with E-state index in [4.69, 9.17) is 5.73 Å². The molecular formula is C22H22N4O2. The van der Waals surface area contributed by atoms with Crippen molar-refractivity contribution in [3.63, 3.8) is 0 Å². The number of nitrogens with one attached hydrogen (secondary N) is 1. The molecule has 2 aromatic rings. The first-order chi connectivity index (χ1) is 13.6. The van der Waals surface area contributed by atoms with E-state index in [0.717, 1.165) is 28.8 Å². The van der Waals surface area contributed by atoms with E-state index in [1.165, 1.54) is 5.57 Å². The highest BCUT2D eigenvalue weighted by Gasteiger charge is 2.17. The van der Waals surface area contributed by atoms with Gasteiger partial charge in [0.1, 0.15) is 5.82 Å². The van der Waals surface area contributed by atoms with Gasteiger partial charge < -0.3 is 16.0 Å². The largest absolute Gasteiger partial charge is 0.399 e. The number of benzene rings is 1. The quantitative estimate of drug-likeness (QED) is 0.639. The Balaban J connectivity index is 1.40. The Labute approximate surface area is 163 Å². The molecule has 2 aliphatic heterocycles. The van der Waals surface area contributed by atoms with Crippen LogP contribution in [0.2, 0.25) is 0 Å². The maximum atomic E-state index is 12.5. The van der Waals surface area contributed by atoms with Crippen LogP contribution in [0.25, 0.3) is 11.6 Å². The predicted molar refractivity (Wildman–Crippen MR) is 110 cm³/mol. The number of anilines is 2. The summed E-state index contributed by atoms with van der Waals surface area (Å²) in [4.78, 5) is 30.0. The van der Waals surface area contributed by atoms with Gasteiger partial charge in [-0.2, -0.15) is 0 Å². The van der Waals surface area contributed by atoms with Crippen LogP contribution < -0.4 is 11.1 Å². The van der Waals surface area contributed by atoms with Gasteiger partial charge in [-0.25, -0.2) is 4.98 Å². The second-order valence-corrected chi connectivity index (χ2v) is 7.05. The summed E-state index contributed by atoms with van der Waals surface area (Å²) in [6.45, 7) is 1.26. The highest BCUT2D eigenvalue weighted by molar-refractivity contribution is 5.94. The summed E-state index contributed by atoms with van der Waals surface area (Å²) in [5, 5.41) is 2.76. The number of pyridine rings is 1. The fourth-order valence-electron chi connectivity index (χ4n) is 3.51. The van der Waals surface area contributed by atoms with Crippen LogP contribution in [0, 0.1) is 0 Å². The van der Waals surface area contributed by atoms with Gasteiger partial charge in [-0.05, 0) is 59.4 Å². The third-order valence-corrected chi connectivity index (χ3v) is 5.06. The van der Waals surface area contributed by atoms with Crippen molar-refractivity contribution in [3.05, 3.63) is 65.4 Å². The maximum absolute atomic E-state index is 12.5. The van der Waals surface area contributed by atoms with Gasteiger partial charge >= 0.3 is 0 Å². The first-order valence-electron chi connectivity index (χ1n) is 9.39. The zero-order valence-electron chi connectivity index (χ0n) is 15.5. The Morgan fingerprint density at radius 2 is 2.11 bits per heavy atom. The van der Waals surface area contributed by atoms with Crippen molar-refractivity contribution in [2.45, 2.75) is 19.3 Å². The summed E-state index contributed by atoms with van der Waals surface area (Å²) in [7, 11) is 0. The Hall–Kier alpha value is -3.41. The number of rotatable bonds is 3. The first kappa shape index (κ1) is 18.0. The SMILES string of the molecule is Nc1cccc(C2=CCN(C(=O)/C=C/c3cnc4c(c3)CCC(=O)N4)CC2)c1. The van der Waals surface area contributed by atoms with E-state index < -0.39 is 0 Å². The van der Waals surface area contributed by atoms with Gasteiger partial charge in [-0.15, -0.1) is 0 Å². The van der Waals surface area contributed by atoms with Crippen molar-refractivity contribution in [1.29, 1.82) is 0 Å². The molecule has 0 bridgehead atoms. The van der Waals surface area contributed by atoms with Crippen molar-refractivity contribution >= 4 is 35.0 Å². The average molecular weight is 374 g/mol. The fourth-order valence-corrected chi connectivity index (χ4v) is 3.51. The van der Waals surface area contributed by atoms with Crippen molar-refractivity contribution in [1.82, 2.24) is 9.88 Å². The molecule has 0 saturated heterocycles. The number of hydrogen-bond donors (Lipinski definition) is 2. The Morgan fingerprint density at radius 1 is 1.21 bits per heavy atom. The Morgan fingerprint density at radius 3 is 2.89 bits per heavy atom. The number of carbonyl (C=O) groups is 2. The van der Waals surface area contributed by atoms with Gasteiger partial charge in [0, 0.05) is 37.5 Å². The first-order valence-corrected chi connectivity index (χ1v) is 9.39. The predicted octanol–water partition coefficient (Wildman–Crippen LogP) is 2.88. The van der Waals surface area contributed by atoms with E-state index in [1.807, 2.05) is 35.2 Å². The second kappa shape index (κ2) is 7.68. The maximum Gasteiger partial charge on any atom is 0.246 e. The number of aromatic nitrogens is 1. The molecule has 142 valence electrons. The summed E-state index contributed by atoms with van der Waals surface area (Å²) in [6.07, 6.45) is 9.08. The molecule has 6 nitrogen and oxygen atoms in total. The third kappa shape index (κ3) is 3.96. The van der Waals surface area contributed by atoms with Crippen LogP contribution >= 0.6 is 0 Å². The number of nitrogens with zero attached hydrogens (tertiary/aromatic N) is 2. The molecule has 0 saturated carbocycles. The molecule has 2 aliphatic rings. The normalized spacial score (nSPS) is 16.5. The Kier molecular flexibility index (Phi) is 4.93. The lowest BCUT2D eigenvalue weighted by Crippen LogP contribution is -2.33. The zero-order chi connectivity index (χ0) is 19.5. The topological polar surface area (TPSA) is 88.3 Å². The van der Waals surface area contributed by atoms with E-state index in [-0.39, 0.29) is 11.8 Å². The van der Waals surface area contributed by atoms with E-state index in [9.17, 15) is 9.59 Å². The molecule has 0 aliphatic carbocycles. The molecule has 0 atom stereocenters. The number of aryl methyl sites for hydroxylation is 1. The molecule has 4 rings (SSSR count). The van der Waals surface area contributed by atoms with Crippen LogP contribution in [-0.2, 0) is 16.0 Å². The monoisotopic (exact) mass is 374 g/mol. The lowest BCUT2D eigenvalue weighted by Gasteiger charge is -2.25. The number of nitrogen functional groups attached to an aromatic ring is 1. The van der Waals surface area contributed by atoms with Crippen molar-refractivity contribution in [2.75, 3.05) is 24.1 Å². The van der Waals surface area contributed by atoms with Gasteiger partial charge in [0.2, 0.25) is 11.8 Å². The van der Waals surface area contributed by atoms with Gasteiger partial charge in [-0.1, -0.05) is 18.2 Å². The van der Waals surface area contributed by atoms with Crippen LogP contribution in [0.15, 0.2) is 48.7 Å². The summed E-state index contributed by atoms with van der Waals surface area (Å²) < 4.78 is 0. The van der Waals surface area contributed by atoms with E-state index in [2.05, 4.69) is 16.4 Å². The number of fused-ring (bicyclic) bond motifs is 1. The van der Waals surface area contributed by atoms with Crippen LogP contribution in [0.4, 0.5) is 11.5 Å².